The van der Waals surface area contributed by atoms with E-state index in [-0.39, 0.29) is 5.91 Å². The first-order valence-electron chi connectivity index (χ1n) is 4.05. The summed E-state index contributed by atoms with van der Waals surface area (Å²) in [6, 6.07) is 5.91. The third-order valence-corrected chi connectivity index (χ3v) is 2.61. The number of carbonyl (C=O) groups is 1. The second-order valence-electron chi connectivity index (χ2n) is 2.87. The summed E-state index contributed by atoms with van der Waals surface area (Å²) in [7, 11) is 0. The Morgan fingerprint density at radius 1 is 1.46 bits per heavy atom. The number of hydrogen-bond acceptors (Lipinski definition) is 2. The van der Waals surface area contributed by atoms with Crippen LogP contribution in [-0.4, -0.2) is 12.2 Å². The van der Waals surface area contributed by atoms with Gasteiger partial charge in [-0.2, -0.15) is 0 Å². The first-order valence-corrected chi connectivity index (χ1v) is 5.28. The molecule has 0 aliphatic carbocycles. The van der Waals surface area contributed by atoms with Crippen LogP contribution in [0, 0.1) is 6.92 Å². The van der Waals surface area contributed by atoms with E-state index < -0.39 is 0 Å². The smallest absolute Gasteiger partial charge is 0.221 e. The second-order valence-corrected chi connectivity index (χ2v) is 3.71. The van der Waals surface area contributed by atoms with Gasteiger partial charge < -0.3 is 5.32 Å². The molecule has 1 aromatic carbocycles. The molecule has 1 amide bonds. The van der Waals surface area contributed by atoms with E-state index in [9.17, 15) is 4.79 Å². The third-order valence-electron chi connectivity index (χ3n) is 1.73. The summed E-state index contributed by atoms with van der Waals surface area (Å²) in [6.45, 7) is 3.57. The Morgan fingerprint density at radius 3 is 2.69 bits per heavy atom. The van der Waals surface area contributed by atoms with Gasteiger partial charge in [0.2, 0.25) is 5.91 Å². The lowest BCUT2D eigenvalue weighted by Crippen LogP contribution is -2.05. The summed E-state index contributed by atoms with van der Waals surface area (Å²) in [5.74, 6) is -0.0316. The van der Waals surface area contributed by atoms with E-state index in [4.69, 9.17) is 0 Å². The Kier molecular flexibility index (Phi) is 3.37. The number of thioether (sulfide) groups is 1. The van der Waals surface area contributed by atoms with Crippen LogP contribution in [0.3, 0.4) is 0 Å². The number of amides is 1. The minimum absolute atomic E-state index is 0.0316. The molecule has 0 heterocycles. The quantitative estimate of drug-likeness (QED) is 0.735. The zero-order valence-corrected chi connectivity index (χ0v) is 8.87. The standard InChI is InChI=1S/C10H13NOS/c1-7-4-5-9(11-8(2)12)6-10(7)13-3/h4-6H,1-3H3,(H,11,12). The molecule has 0 bridgehead atoms. The van der Waals surface area contributed by atoms with Gasteiger partial charge >= 0.3 is 0 Å². The summed E-state index contributed by atoms with van der Waals surface area (Å²) in [5.41, 5.74) is 2.10. The van der Waals surface area contributed by atoms with E-state index in [1.165, 1.54) is 17.4 Å². The fourth-order valence-corrected chi connectivity index (χ4v) is 1.74. The van der Waals surface area contributed by atoms with Gasteiger partial charge in [0.15, 0.2) is 0 Å². The molecule has 13 heavy (non-hydrogen) atoms. The molecule has 0 fully saturated rings. The van der Waals surface area contributed by atoms with Crippen molar-refractivity contribution in [3.63, 3.8) is 0 Å². The van der Waals surface area contributed by atoms with E-state index >= 15 is 0 Å². The Morgan fingerprint density at radius 2 is 2.15 bits per heavy atom. The SMILES string of the molecule is CSc1cc(NC(C)=O)ccc1C. The predicted octanol–water partition coefficient (Wildman–Crippen LogP) is 2.68. The van der Waals surface area contributed by atoms with Crippen LogP contribution in [0.1, 0.15) is 12.5 Å². The number of carbonyl (C=O) groups excluding carboxylic acids is 1. The van der Waals surface area contributed by atoms with Gasteiger partial charge in [0.25, 0.3) is 0 Å². The average Bonchev–Trinajstić information content (AvgIpc) is 2.07. The van der Waals surface area contributed by atoms with Crippen molar-refractivity contribution >= 4 is 23.4 Å². The molecular weight excluding hydrogens is 182 g/mol. The van der Waals surface area contributed by atoms with Gasteiger partial charge in [-0.25, -0.2) is 0 Å². The van der Waals surface area contributed by atoms with Gasteiger partial charge in [0, 0.05) is 17.5 Å². The van der Waals surface area contributed by atoms with Crippen molar-refractivity contribution in [2.24, 2.45) is 0 Å². The highest BCUT2D eigenvalue weighted by Gasteiger charge is 1.99. The maximum absolute atomic E-state index is 10.8. The van der Waals surface area contributed by atoms with Crippen LogP contribution in [0.5, 0.6) is 0 Å². The highest BCUT2D eigenvalue weighted by molar-refractivity contribution is 7.98. The molecular formula is C10H13NOS. The molecule has 0 aromatic heterocycles. The molecule has 0 radical (unpaired) electrons. The monoisotopic (exact) mass is 195 g/mol. The van der Waals surface area contributed by atoms with E-state index in [1.54, 1.807) is 11.8 Å². The van der Waals surface area contributed by atoms with Crippen LogP contribution < -0.4 is 5.32 Å². The first kappa shape index (κ1) is 10.1. The van der Waals surface area contributed by atoms with Crippen LogP contribution in [0.4, 0.5) is 5.69 Å². The number of hydrogen-bond donors (Lipinski definition) is 1. The van der Waals surface area contributed by atoms with Gasteiger partial charge in [-0.05, 0) is 30.9 Å². The third kappa shape index (κ3) is 2.77. The minimum Gasteiger partial charge on any atom is -0.326 e. The predicted molar refractivity (Wildman–Crippen MR) is 57.3 cm³/mol. The Balaban J connectivity index is 2.92. The highest BCUT2D eigenvalue weighted by atomic mass is 32.2. The molecule has 70 valence electrons. The van der Waals surface area contributed by atoms with Gasteiger partial charge in [0.05, 0.1) is 0 Å². The normalized spacial score (nSPS) is 9.77. The molecule has 1 aromatic rings. The summed E-state index contributed by atoms with van der Waals surface area (Å²) < 4.78 is 0. The lowest BCUT2D eigenvalue weighted by atomic mass is 10.2. The van der Waals surface area contributed by atoms with Crippen molar-refractivity contribution in [1.29, 1.82) is 0 Å². The molecule has 0 unspecified atom stereocenters. The second kappa shape index (κ2) is 4.33. The van der Waals surface area contributed by atoms with Crippen molar-refractivity contribution in [1.82, 2.24) is 0 Å². The fourth-order valence-electron chi connectivity index (χ4n) is 1.10. The Hall–Kier alpha value is -0.960. The van der Waals surface area contributed by atoms with E-state index in [2.05, 4.69) is 12.2 Å². The lowest BCUT2D eigenvalue weighted by molar-refractivity contribution is -0.114. The van der Waals surface area contributed by atoms with Gasteiger partial charge in [-0.3, -0.25) is 4.79 Å². The van der Waals surface area contributed by atoms with Crippen LogP contribution in [0.15, 0.2) is 23.1 Å². The largest absolute Gasteiger partial charge is 0.326 e. The van der Waals surface area contributed by atoms with Crippen LogP contribution in [0.25, 0.3) is 0 Å². The lowest BCUT2D eigenvalue weighted by Gasteiger charge is -2.06. The van der Waals surface area contributed by atoms with Crippen LogP contribution >= 0.6 is 11.8 Å². The number of rotatable bonds is 2. The number of anilines is 1. The van der Waals surface area contributed by atoms with Crippen molar-refractivity contribution in [2.75, 3.05) is 11.6 Å². The molecule has 2 nitrogen and oxygen atoms in total. The van der Waals surface area contributed by atoms with Crippen LogP contribution in [-0.2, 0) is 4.79 Å². The van der Waals surface area contributed by atoms with Crippen molar-refractivity contribution in [2.45, 2.75) is 18.7 Å². The van der Waals surface area contributed by atoms with Crippen molar-refractivity contribution < 1.29 is 4.79 Å². The fraction of sp³-hybridized carbons (Fsp3) is 0.300. The number of benzene rings is 1. The van der Waals surface area contributed by atoms with Gasteiger partial charge in [-0.1, -0.05) is 6.07 Å². The zero-order valence-electron chi connectivity index (χ0n) is 8.05. The summed E-state index contributed by atoms with van der Waals surface area (Å²) in [4.78, 5) is 12.0. The van der Waals surface area contributed by atoms with E-state index in [1.807, 2.05) is 24.5 Å². The van der Waals surface area contributed by atoms with E-state index in [0.717, 1.165) is 5.69 Å². The molecule has 3 heteroatoms. The number of aryl methyl sites for hydroxylation is 1. The minimum atomic E-state index is -0.0316. The molecule has 0 atom stereocenters. The highest BCUT2D eigenvalue weighted by Crippen LogP contribution is 2.23. The Bertz CT molecular complexity index is 323. The topological polar surface area (TPSA) is 29.1 Å². The molecule has 0 saturated carbocycles. The van der Waals surface area contributed by atoms with Crippen molar-refractivity contribution in [3.05, 3.63) is 23.8 Å². The summed E-state index contributed by atoms with van der Waals surface area (Å²) >= 11 is 1.69. The van der Waals surface area contributed by atoms with E-state index in [0.29, 0.717) is 0 Å². The average molecular weight is 195 g/mol. The maximum Gasteiger partial charge on any atom is 0.221 e. The first-order chi connectivity index (χ1) is 6.13. The molecule has 0 aliphatic rings. The maximum atomic E-state index is 10.8. The molecule has 1 N–H and O–H groups in total. The van der Waals surface area contributed by atoms with Gasteiger partial charge in [0.1, 0.15) is 0 Å². The number of nitrogens with one attached hydrogen (secondary N) is 1. The van der Waals surface area contributed by atoms with Crippen molar-refractivity contribution in [3.8, 4) is 0 Å². The summed E-state index contributed by atoms with van der Waals surface area (Å²) in [5, 5.41) is 2.75. The molecule has 0 aliphatic heterocycles. The molecule has 0 saturated heterocycles. The molecule has 1 rings (SSSR count). The molecule has 0 spiro atoms. The Labute approximate surface area is 82.7 Å². The van der Waals surface area contributed by atoms with Crippen LogP contribution in [0.2, 0.25) is 0 Å². The van der Waals surface area contributed by atoms with Gasteiger partial charge in [-0.15, -0.1) is 11.8 Å². The zero-order chi connectivity index (χ0) is 9.84. The summed E-state index contributed by atoms with van der Waals surface area (Å²) in [6.07, 6.45) is 2.03.